The van der Waals surface area contributed by atoms with Gasteiger partial charge in [0.2, 0.25) is 0 Å². The summed E-state index contributed by atoms with van der Waals surface area (Å²) in [5.41, 5.74) is 7.49. The van der Waals surface area contributed by atoms with Gasteiger partial charge in [0.05, 0.1) is 22.0 Å². The maximum Gasteiger partial charge on any atom is 0.280 e. The first-order chi connectivity index (χ1) is 12.8. The molecule has 0 bridgehead atoms. The van der Waals surface area contributed by atoms with Crippen LogP contribution in [-0.4, -0.2) is 11.6 Å². The molecule has 0 aliphatic carbocycles. The van der Waals surface area contributed by atoms with E-state index in [0.29, 0.717) is 15.6 Å². The number of carbonyl (C=O) groups excluding carboxylic acids is 1. The van der Waals surface area contributed by atoms with Crippen LogP contribution in [0.25, 0.3) is 0 Å². The highest BCUT2D eigenvalue weighted by molar-refractivity contribution is 8.06. The molecule has 27 heavy (non-hydrogen) atoms. The van der Waals surface area contributed by atoms with Gasteiger partial charge in [-0.05, 0) is 56.4 Å². The van der Waals surface area contributed by atoms with E-state index in [1.54, 1.807) is 42.1 Å². The van der Waals surface area contributed by atoms with E-state index in [1.807, 2.05) is 34.6 Å². The maximum atomic E-state index is 11.9. The summed E-state index contributed by atoms with van der Waals surface area (Å²) in [5, 5.41) is 6.91. The van der Waals surface area contributed by atoms with E-state index in [0.717, 1.165) is 17.8 Å². The monoisotopic (exact) mass is 407 g/mol. The fourth-order valence-corrected chi connectivity index (χ4v) is 2.84. The minimum absolute atomic E-state index is 0.0951. The summed E-state index contributed by atoms with van der Waals surface area (Å²) in [6, 6.07) is 7.02. The summed E-state index contributed by atoms with van der Waals surface area (Å²) in [6.07, 6.45) is 4.87. The number of rotatable bonds is 4. The third kappa shape index (κ3) is 8.06. The van der Waals surface area contributed by atoms with Crippen LogP contribution in [0.1, 0.15) is 48.0 Å². The average molecular weight is 408 g/mol. The van der Waals surface area contributed by atoms with Crippen molar-refractivity contribution in [2.24, 2.45) is 10.8 Å². The van der Waals surface area contributed by atoms with Crippen molar-refractivity contribution < 1.29 is 4.79 Å². The van der Waals surface area contributed by atoms with Crippen molar-refractivity contribution in [2.75, 3.05) is 5.01 Å². The first kappa shape index (κ1) is 25.0. The predicted octanol–water partition coefficient (Wildman–Crippen LogP) is 6.50. The average Bonchev–Trinajstić information content (AvgIpc) is 2.96. The second kappa shape index (κ2) is 13.2. The molecule has 148 valence electrons. The van der Waals surface area contributed by atoms with Gasteiger partial charge in [-0.1, -0.05) is 62.9 Å². The van der Waals surface area contributed by atoms with Crippen molar-refractivity contribution in [3.63, 3.8) is 0 Å². The molecule has 4 nitrogen and oxygen atoms in total. The summed E-state index contributed by atoms with van der Waals surface area (Å²) >= 11 is 7.33. The molecule has 6 heteroatoms. The number of amides is 1. The number of hydrogen-bond acceptors (Lipinski definition) is 4. The quantitative estimate of drug-likeness (QED) is 0.579. The first-order valence-electron chi connectivity index (χ1n) is 8.93. The largest absolute Gasteiger partial charge is 0.394 e. The van der Waals surface area contributed by atoms with Crippen molar-refractivity contribution in [1.82, 2.24) is 0 Å². The number of hydrogen-bond donors (Lipinski definition) is 1. The number of benzene rings is 1. The number of anilines is 1. The van der Waals surface area contributed by atoms with Gasteiger partial charge >= 0.3 is 0 Å². The summed E-state index contributed by atoms with van der Waals surface area (Å²) in [6.45, 7) is 15.4. The standard InChI is InChI=1S/C12H11ClN2O.C7H13NS.C2H6/c1-3-11-8(2)14-15(12(11)16)10-6-4-9(13)5-7-10;1-4-7(5-2)9-6(3)8;1-2/h3-7H,1-2H3;4H,3,5,8H2,1-2H3;1-2H3/b11-3+;7-4-;. The lowest BCUT2D eigenvalue weighted by Crippen LogP contribution is -2.21. The molecule has 0 saturated heterocycles. The van der Waals surface area contributed by atoms with Crippen molar-refractivity contribution in [1.29, 1.82) is 0 Å². The highest BCUT2D eigenvalue weighted by Gasteiger charge is 2.27. The number of halogens is 1. The van der Waals surface area contributed by atoms with Gasteiger partial charge in [-0.2, -0.15) is 10.1 Å². The van der Waals surface area contributed by atoms with E-state index in [2.05, 4.69) is 24.7 Å². The predicted molar refractivity (Wildman–Crippen MR) is 122 cm³/mol. The van der Waals surface area contributed by atoms with E-state index >= 15 is 0 Å². The topological polar surface area (TPSA) is 58.7 Å². The van der Waals surface area contributed by atoms with Gasteiger partial charge in [0.15, 0.2) is 0 Å². The van der Waals surface area contributed by atoms with Crippen LogP contribution in [0, 0.1) is 0 Å². The molecule has 0 aromatic heterocycles. The Morgan fingerprint density at radius 3 is 2.19 bits per heavy atom. The Morgan fingerprint density at radius 2 is 1.85 bits per heavy atom. The third-order valence-electron chi connectivity index (χ3n) is 3.36. The molecule has 1 aliphatic rings. The first-order valence-corrected chi connectivity index (χ1v) is 10.1. The Balaban J connectivity index is 0.000000528. The Morgan fingerprint density at radius 1 is 1.30 bits per heavy atom. The fraction of sp³-hybridized carbons (Fsp3) is 0.333. The lowest BCUT2D eigenvalue weighted by Gasteiger charge is -2.11. The smallest absolute Gasteiger partial charge is 0.280 e. The summed E-state index contributed by atoms with van der Waals surface area (Å²) in [7, 11) is 0. The van der Waals surface area contributed by atoms with E-state index in [9.17, 15) is 4.79 Å². The molecule has 2 rings (SSSR count). The number of hydrazone groups is 1. The molecule has 1 aromatic carbocycles. The van der Waals surface area contributed by atoms with Crippen LogP contribution in [0.15, 0.2) is 63.6 Å². The Hall–Kier alpha value is -1.98. The zero-order chi connectivity index (χ0) is 21.0. The van der Waals surface area contributed by atoms with Gasteiger partial charge in [0.25, 0.3) is 5.91 Å². The zero-order valence-electron chi connectivity index (χ0n) is 17.0. The van der Waals surface area contributed by atoms with Crippen LogP contribution < -0.4 is 10.7 Å². The molecule has 0 spiro atoms. The lowest BCUT2D eigenvalue weighted by molar-refractivity contribution is -0.114. The summed E-state index contributed by atoms with van der Waals surface area (Å²) < 4.78 is 0. The van der Waals surface area contributed by atoms with Crippen LogP contribution in [-0.2, 0) is 4.79 Å². The molecule has 0 fully saturated rings. The minimum Gasteiger partial charge on any atom is -0.394 e. The van der Waals surface area contributed by atoms with E-state index in [1.165, 1.54) is 9.91 Å². The second-order valence-corrected chi connectivity index (χ2v) is 6.85. The zero-order valence-corrected chi connectivity index (χ0v) is 18.6. The van der Waals surface area contributed by atoms with Crippen LogP contribution in [0.3, 0.4) is 0 Å². The van der Waals surface area contributed by atoms with E-state index in [-0.39, 0.29) is 5.91 Å². The van der Waals surface area contributed by atoms with Crippen molar-refractivity contribution in [3.8, 4) is 0 Å². The van der Waals surface area contributed by atoms with Crippen LogP contribution >= 0.6 is 23.4 Å². The molecular weight excluding hydrogens is 378 g/mol. The third-order valence-corrected chi connectivity index (χ3v) is 4.66. The number of carbonyl (C=O) groups is 1. The number of allylic oxidation sites excluding steroid dienone is 3. The molecule has 2 N–H and O–H groups in total. The molecule has 0 saturated carbocycles. The second-order valence-electron chi connectivity index (χ2n) is 5.16. The Labute approximate surface area is 172 Å². The highest BCUT2D eigenvalue weighted by Crippen LogP contribution is 2.24. The molecule has 0 atom stereocenters. The Kier molecular flexibility index (Phi) is 12.3. The molecule has 1 aliphatic heterocycles. The van der Waals surface area contributed by atoms with Crippen LogP contribution in [0.2, 0.25) is 5.02 Å². The summed E-state index contributed by atoms with van der Waals surface area (Å²) in [5.74, 6) is -0.0951. The van der Waals surface area contributed by atoms with E-state index < -0.39 is 0 Å². The van der Waals surface area contributed by atoms with Gasteiger partial charge in [-0.3, -0.25) is 4.79 Å². The fourth-order valence-electron chi connectivity index (χ4n) is 2.11. The van der Waals surface area contributed by atoms with Gasteiger partial charge < -0.3 is 5.73 Å². The van der Waals surface area contributed by atoms with Gasteiger partial charge in [0.1, 0.15) is 0 Å². The van der Waals surface area contributed by atoms with E-state index in [4.69, 9.17) is 17.3 Å². The SMILES string of the molecule is C/C=C1/C(=O)N(c2ccc(Cl)cc2)N=C1C.C=C(N)S/C(=C\C)CC.CC. The van der Waals surface area contributed by atoms with Crippen molar-refractivity contribution in [2.45, 2.75) is 48.0 Å². The summed E-state index contributed by atoms with van der Waals surface area (Å²) in [4.78, 5) is 13.2. The van der Waals surface area contributed by atoms with Gasteiger partial charge in [-0.15, -0.1) is 0 Å². The van der Waals surface area contributed by atoms with Gasteiger partial charge in [0, 0.05) is 5.02 Å². The molecule has 0 radical (unpaired) electrons. The molecule has 1 amide bonds. The highest BCUT2D eigenvalue weighted by atomic mass is 35.5. The van der Waals surface area contributed by atoms with Crippen LogP contribution in [0.4, 0.5) is 5.69 Å². The minimum atomic E-state index is -0.0951. The van der Waals surface area contributed by atoms with Crippen molar-refractivity contribution >= 4 is 40.7 Å². The molecule has 1 aromatic rings. The number of nitrogens with zero attached hydrogens (tertiary/aromatic N) is 2. The molecule has 0 unspecified atom stereocenters. The maximum absolute atomic E-state index is 11.9. The van der Waals surface area contributed by atoms with Gasteiger partial charge in [-0.25, -0.2) is 0 Å². The molecule has 1 heterocycles. The van der Waals surface area contributed by atoms with Crippen LogP contribution in [0.5, 0.6) is 0 Å². The number of nitrogens with two attached hydrogens (primary N) is 1. The Bertz CT molecular complexity index is 721. The molecular formula is C21H30ClN3OS. The number of thioether (sulfide) groups is 1. The normalized spacial score (nSPS) is 14.9. The lowest BCUT2D eigenvalue weighted by atomic mass is 10.1. The van der Waals surface area contributed by atoms with Crippen molar-refractivity contribution in [3.05, 3.63) is 63.5 Å².